The molecule has 0 spiro atoms. The molecule has 0 radical (unpaired) electrons. The van der Waals surface area contributed by atoms with E-state index in [-0.39, 0.29) is 17.1 Å². The number of nitrogen functional groups attached to an aromatic ring is 2. The van der Waals surface area contributed by atoms with Crippen LogP contribution in [0.1, 0.15) is 37.4 Å². The first-order valence-electron chi connectivity index (χ1n) is 9.65. The van der Waals surface area contributed by atoms with Crippen LogP contribution in [0.4, 0.5) is 11.5 Å². The zero-order chi connectivity index (χ0) is 22.8. The van der Waals surface area contributed by atoms with Gasteiger partial charge in [-0.2, -0.15) is 5.10 Å². The highest BCUT2D eigenvalue weighted by Crippen LogP contribution is 2.39. The Morgan fingerprint density at radius 1 is 0.781 bits per heavy atom. The minimum atomic E-state index is -0.218. The van der Waals surface area contributed by atoms with Gasteiger partial charge in [-0.05, 0) is 49.6 Å². The molecule has 0 bridgehead atoms. The standard InChI is InChI=1S/C14H7Br2NO2.C10H11N3/c15-8-5-9(16)12(17)11-10(8)13(18)6-3-1-2-4-7(6)14(11)19;11-10-6-7-12-13(10)8-9-4-2-1-3-5-9/h1-5H,17H2;1-7H,8,11H2. The van der Waals surface area contributed by atoms with Gasteiger partial charge in [-0.3, -0.25) is 9.59 Å². The Morgan fingerprint density at radius 3 is 1.97 bits per heavy atom. The zero-order valence-corrected chi connectivity index (χ0v) is 19.9. The normalized spacial score (nSPS) is 11.9. The maximum absolute atomic E-state index is 12.5. The zero-order valence-electron chi connectivity index (χ0n) is 16.8. The number of nitrogens with zero attached hydrogens (tertiary/aromatic N) is 2. The van der Waals surface area contributed by atoms with E-state index in [0.29, 0.717) is 37.1 Å². The summed E-state index contributed by atoms with van der Waals surface area (Å²) in [5.41, 5.74) is 14.6. The third-order valence-electron chi connectivity index (χ3n) is 5.06. The first kappa shape index (κ1) is 22.0. The molecule has 0 atom stereocenters. The lowest BCUT2D eigenvalue weighted by molar-refractivity contribution is 0.0979. The lowest BCUT2D eigenvalue weighted by Crippen LogP contribution is -2.23. The van der Waals surface area contributed by atoms with Gasteiger partial charge < -0.3 is 11.5 Å². The average Bonchev–Trinajstić information content (AvgIpc) is 3.20. The van der Waals surface area contributed by atoms with Crippen LogP contribution in [-0.4, -0.2) is 21.3 Å². The minimum Gasteiger partial charge on any atom is -0.397 e. The van der Waals surface area contributed by atoms with Crippen molar-refractivity contribution in [2.45, 2.75) is 6.54 Å². The number of hydrogen-bond acceptors (Lipinski definition) is 5. The molecule has 0 fully saturated rings. The molecular weight excluding hydrogens is 536 g/mol. The van der Waals surface area contributed by atoms with Crippen LogP contribution in [-0.2, 0) is 6.54 Å². The molecule has 4 aromatic rings. The van der Waals surface area contributed by atoms with Crippen LogP contribution in [0.25, 0.3) is 0 Å². The van der Waals surface area contributed by atoms with E-state index in [1.807, 2.05) is 18.2 Å². The van der Waals surface area contributed by atoms with E-state index < -0.39 is 0 Å². The van der Waals surface area contributed by atoms with Gasteiger partial charge in [0.2, 0.25) is 0 Å². The van der Waals surface area contributed by atoms with E-state index in [9.17, 15) is 9.59 Å². The molecule has 0 unspecified atom stereocenters. The third kappa shape index (κ3) is 4.11. The molecule has 6 nitrogen and oxygen atoms in total. The molecule has 0 aliphatic heterocycles. The van der Waals surface area contributed by atoms with Gasteiger partial charge in [-0.15, -0.1) is 0 Å². The van der Waals surface area contributed by atoms with Crippen molar-refractivity contribution in [1.82, 2.24) is 9.78 Å². The summed E-state index contributed by atoms with van der Waals surface area (Å²) in [6.45, 7) is 0.736. The average molecular weight is 554 g/mol. The molecule has 32 heavy (non-hydrogen) atoms. The number of carbonyl (C=O) groups excluding carboxylic acids is 2. The molecule has 0 amide bonds. The molecule has 1 aliphatic carbocycles. The number of fused-ring (bicyclic) bond motifs is 2. The second-order valence-electron chi connectivity index (χ2n) is 7.11. The van der Waals surface area contributed by atoms with Crippen molar-refractivity contribution in [3.05, 3.63) is 110 Å². The summed E-state index contributed by atoms with van der Waals surface area (Å²) < 4.78 is 2.94. The van der Waals surface area contributed by atoms with Crippen LogP contribution in [0, 0.1) is 0 Å². The Labute approximate surface area is 201 Å². The van der Waals surface area contributed by atoms with Gasteiger partial charge in [0.15, 0.2) is 11.6 Å². The topological polar surface area (TPSA) is 104 Å². The molecule has 0 saturated heterocycles. The summed E-state index contributed by atoms with van der Waals surface area (Å²) in [4.78, 5) is 25.0. The molecule has 1 heterocycles. The Bertz CT molecular complexity index is 1330. The fourth-order valence-electron chi connectivity index (χ4n) is 3.47. The second-order valence-corrected chi connectivity index (χ2v) is 8.82. The van der Waals surface area contributed by atoms with Gasteiger partial charge in [-0.1, -0.05) is 54.6 Å². The van der Waals surface area contributed by atoms with Crippen LogP contribution in [0.5, 0.6) is 0 Å². The van der Waals surface area contributed by atoms with E-state index in [0.717, 1.165) is 6.54 Å². The number of halogens is 2. The quantitative estimate of drug-likeness (QED) is 0.296. The van der Waals surface area contributed by atoms with Crippen molar-refractivity contribution >= 4 is 54.9 Å². The van der Waals surface area contributed by atoms with Crippen molar-refractivity contribution in [1.29, 1.82) is 0 Å². The van der Waals surface area contributed by atoms with Gasteiger partial charge in [0, 0.05) is 20.1 Å². The molecule has 8 heteroatoms. The summed E-state index contributed by atoms with van der Waals surface area (Å²) in [5.74, 6) is 0.296. The molecule has 0 saturated carbocycles. The first-order chi connectivity index (χ1) is 15.4. The SMILES string of the molecule is Nc1c(Br)cc(Br)c2c1C(=O)c1ccccc1C2=O.Nc1ccnn1Cc1ccccc1. The highest BCUT2D eigenvalue weighted by Gasteiger charge is 2.33. The second kappa shape index (κ2) is 9.10. The number of ketones is 2. The van der Waals surface area contributed by atoms with Crippen molar-refractivity contribution in [3.8, 4) is 0 Å². The van der Waals surface area contributed by atoms with E-state index in [1.165, 1.54) is 5.56 Å². The van der Waals surface area contributed by atoms with Crippen molar-refractivity contribution in [3.63, 3.8) is 0 Å². The van der Waals surface area contributed by atoms with Crippen LogP contribution in [0.3, 0.4) is 0 Å². The molecule has 3 aromatic carbocycles. The maximum Gasteiger partial charge on any atom is 0.196 e. The Kier molecular flexibility index (Phi) is 6.25. The number of rotatable bonds is 2. The van der Waals surface area contributed by atoms with E-state index in [2.05, 4.69) is 49.1 Å². The lowest BCUT2D eigenvalue weighted by atomic mass is 9.83. The summed E-state index contributed by atoms with van der Waals surface area (Å²) in [6, 6.07) is 20.4. The molecule has 5 rings (SSSR count). The summed E-state index contributed by atoms with van der Waals surface area (Å²) in [7, 11) is 0. The fraction of sp³-hybridized carbons (Fsp3) is 0.0417. The molecule has 4 N–H and O–H groups in total. The molecule has 160 valence electrons. The molecule has 1 aliphatic rings. The van der Waals surface area contributed by atoms with Gasteiger partial charge in [0.25, 0.3) is 0 Å². The van der Waals surface area contributed by atoms with Gasteiger partial charge >= 0.3 is 0 Å². The lowest BCUT2D eigenvalue weighted by Gasteiger charge is -2.20. The van der Waals surface area contributed by atoms with E-state index in [1.54, 1.807) is 47.3 Å². The van der Waals surface area contributed by atoms with Crippen LogP contribution in [0.2, 0.25) is 0 Å². The molecule has 1 aromatic heterocycles. The maximum atomic E-state index is 12.5. The third-order valence-corrected chi connectivity index (χ3v) is 6.35. The van der Waals surface area contributed by atoms with Crippen LogP contribution < -0.4 is 11.5 Å². The summed E-state index contributed by atoms with van der Waals surface area (Å²) in [5, 5.41) is 4.10. The van der Waals surface area contributed by atoms with E-state index >= 15 is 0 Å². The predicted octanol–water partition coefficient (Wildman–Crippen LogP) is 5.08. The van der Waals surface area contributed by atoms with E-state index in [4.69, 9.17) is 11.5 Å². The Morgan fingerprint density at radius 2 is 1.38 bits per heavy atom. The summed E-state index contributed by atoms with van der Waals surface area (Å²) >= 11 is 6.62. The first-order valence-corrected chi connectivity index (χ1v) is 11.2. The van der Waals surface area contributed by atoms with Crippen LogP contribution in [0.15, 0.2) is 81.9 Å². The number of aromatic nitrogens is 2. The van der Waals surface area contributed by atoms with Crippen LogP contribution >= 0.6 is 31.9 Å². The highest BCUT2D eigenvalue weighted by molar-refractivity contribution is 9.11. The predicted molar refractivity (Wildman–Crippen MR) is 132 cm³/mol. The van der Waals surface area contributed by atoms with Crippen molar-refractivity contribution < 1.29 is 9.59 Å². The number of carbonyl (C=O) groups is 2. The number of benzene rings is 3. The fourth-order valence-corrected chi connectivity index (χ4v) is 4.81. The monoisotopic (exact) mass is 552 g/mol. The molecular formula is C24H18Br2N4O2. The van der Waals surface area contributed by atoms with Crippen molar-refractivity contribution in [2.24, 2.45) is 0 Å². The van der Waals surface area contributed by atoms with Gasteiger partial charge in [0.1, 0.15) is 5.82 Å². The smallest absolute Gasteiger partial charge is 0.196 e. The Hall–Kier alpha value is -3.23. The van der Waals surface area contributed by atoms with Crippen molar-refractivity contribution in [2.75, 3.05) is 11.5 Å². The summed E-state index contributed by atoms with van der Waals surface area (Å²) in [6.07, 6.45) is 1.71. The largest absolute Gasteiger partial charge is 0.397 e. The number of anilines is 2. The van der Waals surface area contributed by atoms with Gasteiger partial charge in [0.05, 0.1) is 29.6 Å². The number of nitrogens with two attached hydrogens (primary N) is 2. The van der Waals surface area contributed by atoms with Gasteiger partial charge in [-0.25, -0.2) is 4.68 Å². The number of hydrogen-bond donors (Lipinski definition) is 2. The minimum absolute atomic E-state index is 0.184. The highest BCUT2D eigenvalue weighted by atomic mass is 79.9. The Balaban J connectivity index is 0.000000165.